The van der Waals surface area contributed by atoms with E-state index in [9.17, 15) is 8.42 Å². The average molecular weight is 359 g/mol. The second-order valence-electron chi connectivity index (χ2n) is 7.63. The van der Waals surface area contributed by atoms with Crippen LogP contribution in [0.2, 0.25) is 0 Å². The van der Waals surface area contributed by atoms with E-state index in [-0.39, 0.29) is 17.5 Å². The number of likely N-dealkylation sites (tertiary alicyclic amines) is 1. The summed E-state index contributed by atoms with van der Waals surface area (Å²) < 4.78 is 23.2. The Morgan fingerprint density at radius 1 is 1.33 bits per heavy atom. The third-order valence-electron chi connectivity index (χ3n) is 4.65. The number of hydrogen-bond donors (Lipinski definition) is 2. The van der Waals surface area contributed by atoms with Crippen LogP contribution >= 0.6 is 0 Å². The second-order valence-corrected chi connectivity index (χ2v) is 9.85. The fourth-order valence-corrected chi connectivity index (χ4v) is 5.30. The Morgan fingerprint density at radius 3 is 2.75 bits per heavy atom. The third kappa shape index (κ3) is 6.59. The van der Waals surface area contributed by atoms with Gasteiger partial charge in [0, 0.05) is 32.2 Å². The molecule has 6 nitrogen and oxygen atoms in total. The Labute approximate surface area is 147 Å². The molecule has 2 N–H and O–H groups in total. The van der Waals surface area contributed by atoms with Crippen molar-refractivity contribution in [3.63, 3.8) is 0 Å². The van der Waals surface area contributed by atoms with Crippen LogP contribution in [0.15, 0.2) is 4.99 Å². The molecule has 0 aromatic carbocycles. The molecular weight excluding hydrogens is 324 g/mol. The molecule has 2 aliphatic rings. The van der Waals surface area contributed by atoms with E-state index < -0.39 is 9.84 Å². The number of sulfone groups is 1. The molecule has 2 atom stereocenters. The van der Waals surface area contributed by atoms with E-state index in [2.05, 4.69) is 29.4 Å². The van der Waals surface area contributed by atoms with Gasteiger partial charge in [0.1, 0.15) is 0 Å². The SMILES string of the molecule is CCNC(=NCC1CCCN(CC(C)C)C1)NC1CCS(=O)(=O)C1. The maximum Gasteiger partial charge on any atom is 0.191 e. The van der Waals surface area contributed by atoms with Gasteiger partial charge < -0.3 is 15.5 Å². The van der Waals surface area contributed by atoms with Crippen LogP contribution in [0.3, 0.4) is 0 Å². The second kappa shape index (κ2) is 9.04. The molecular formula is C17H34N4O2S. The molecule has 7 heteroatoms. The van der Waals surface area contributed by atoms with Crippen LogP contribution in [0.25, 0.3) is 0 Å². The van der Waals surface area contributed by atoms with Crippen LogP contribution in [0, 0.1) is 11.8 Å². The first-order valence-corrected chi connectivity index (χ1v) is 11.2. The Balaban J connectivity index is 1.86. The first-order chi connectivity index (χ1) is 11.4. The number of piperidine rings is 1. The van der Waals surface area contributed by atoms with Crippen molar-refractivity contribution in [1.29, 1.82) is 0 Å². The van der Waals surface area contributed by atoms with E-state index in [0.29, 0.717) is 18.3 Å². The molecule has 2 saturated heterocycles. The monoisotopic (exact) mass is 358 g/mol. The van der Waals surface area contributed by atoms with Crippen molar-refractivity contribution in [2.24, 2.45) is 16.8 Å². The van der Waals surface area contributed by atoms with E-state index in [1.54, 1.807) is 0 Å². The largest absolute Gasteiger partial charge is 0.357 e. The van der Waals surface area contributed by atoms with Crippen LogP contribution in [-0.2, 0) is 9.84 Å². The molecule has 140 valence electrons. The normalized spacial score (nSPS) is 28.2. The Kier molecular flexibility index (Phi) is 7.34. The van der Waals surface area contributed by atoms with Gasteiger partial charge in [-0.2, -0.15) is 0 Å². The van der Waals surface area contributed by atoms with Gasteiger partial charge in [-0.3, -0.25) is 4.99 Å². The van der Waals surface area contributed by atoms with E-state index in [1.807, 2.05) is 6.92 Å². The summed E-state index contributed by atoms with van der Waals surface area (Å²) in [5.41, 5.74) is 0. The Bertz CT molecular complexity index is 519. The molecule has 0 aromatic rings. The summed E-state index contributed by atoms with van der Waals surface area (Å²) in [7, 11) is -2.86. The molecule has 0 amide bonds. The minimum absolute atomic E-state index is 0.00315. The highest BCUT2D eigenvalue weighted by molar-refractivity contribution is 7.91. The van der Waals surface area contributed by atoms with E-state index in [0.717, 1.165) is 25.6 Å². The van der Waals surface area contributed by atoms with Gasteiger partial charge in [-0.1, -0.05) is 13.8 Å². The summed E-state index contributed by atoms with van der Waals surface area (Å²) in [6.07, 6.45) is 3.16. The lowest BCUT2D eigenvalue weighted by atomic mass is 9.97. The van der Waals surface area contributed by atoms with Gasteiger partial charge in [0.05, 0.1) is 11.5 Å². The zero-order valence-corrected chi connectivity index (χ0v) is 16.2. The predicted octanol–water partition coefficient (Wildman–Crippen LogP) is 1.10. The molecule has 0 spiro atoms. The highest BCUT2D eigenvalue weighted by atomic mass is 32.2. The summed E-state index contributed by atoms with van der Waals surface area (Å²) in [4.78, 5) is 7.29. The molecule has 0 saturated carbocycles. The molecule has 2 aliphatic heterocycles. The molecule has 0 aliphatic carbocycles. The molecule has 24 heavy (non-hydrogen) atoms. The first-order valence-electron chi connectivity index (χ1n) is 9.35. The summed E-state index contributed by atoms with van der Waals surface area (Å²) in [6, 6.07) is -0.00315. The summed E-state index contributed by atoms with van der Waals surface area (Å²) in [5.74, 6) is 2.58. The van der Waals surface area contributed by atoms with Gasteiger partial charge >= 0.3 is 0 Å². The Hall–Kier alpha value is -0.820. The van der Waals surface area contributed by atoms with Crippen molar-refractivity contribution in [2.45, 2.75) is 46.1 Å². The molecule has 2 fully saturated rings. The lowest BCUT2D eigenvalue weighted by molar-refractivity contribution is 0.162. The zero-order valence-electron chi connectivity index (χ0n) is 15.4. The van der Waals surface area contributed by atoms with Gasteiger partial charge in [0.2, 0.25) is 0 Å². The van der Waals surface area contributed by atoms with E-state index >= 15 is 0 Å². The van der Waals surface area contributed by atoms with Gasteiger partial charge in [-0.15, -0.1) is 0 Å². The summed E-state index contributed by atoms with van der Waals surface area (Å²) >= 11 is 0. The lowest BCUT2D eigenvalue weighted by Crippen LogP contribution is -2.44. The van der Waals surface area contributed by atoms with Gasteiger partial charge in [0.25, 0.3) is 0 Å². The van der Waals surface area contributed by atoms with Crippen LogP contribution in [0.1, 0.15) is 40.0 Å². The van der Waals surface area contributed by atoms with E-state index in [1.165, 1.54) is 25.9 Å². The molecule has 2 rings (SSSR count). The van der Waals surface area contributed by atoms with Gasteiger partial charge in [-0.25, -0.2) is 8.42 Å². The van der Waals surface area contributed by atoms with Crippen molar-refractivity contribution >= 4 is 15.8 Å². The molecule has 2 heterocycles. The maximum atomic E-state index is 11.6. The van der Waals surface area contributed by atoms with Crippen molar-refractivity contribution in [3.05, 3.63) is 0 Å². The third-order valence-corrected chi connectivity index (χ3v) is 6.42. The summed E-state index contributed by atoms with van der Waals surface area (Å²) in [6.45, 7) is 11.7. The number of guanidine groups is 1. The van der Waals surface area contributed by atoms with E-state index in [4.69, 9.17) is 4.99 Å². The van der Waals surface area contributed by atoms with Crippen LogP contribution in [-0.4, -0.2) is 69.5 Å². The Morgan fingerprint density at radius 2 is 2.12 bits per heavy atom. The standard InChI is InChI=1S/C17H34N4O2S/c1-4-18-17(20-16-7-9-24(22,23)13-16)19-10-15-6-5-8-21(12-15)11-14(2)3/h14-16H,4-13H2,1-3H3,(H2,18,19,20). The predicted molar refractivity (Wildman–Crippen MR) is 100 cm³/mol. The van der Waals surface area contributed by atoms with Gasteiger partial charge in [-0.05, 0) is 44.6 Å². The van der Waals surface area contributed by atoms with Gasteiger partial charge in [0.15, 0.2) is 15.8 Å². The number of nitrogens with one attached hydrogen (secondary N) is 2. The van der Waals surface area contributed by atoms with Crippen molar-refractivity contribution in [2.75, 3.05) is 44.2 Å². The lowest BCUT2D eigenvalue weighted by Gasteiger charge is -2.33. The van der Waals surface area contributed by atoms with Crippen molar-refractivity contribution < 1.29 is 8.42 Å². The quantitative estimate of drug-likeness (QED) is 0.549. The minimum Gasteiger partial charge on any atom is -0.357 e. The highest BCUT2D eigenvalue weighted by Crippen LogP contribution is 2.18. The van der Waals surface area contributed by atoms with Crippen molar-refractivity contribution in [3.8, 4) is 0 Å². The average Bonchev–Trinajstić information content (AvgIpc) is 2.84. The number of aliphatic imine (C=N–C) groups is 1. The number of hydrogen-bond acceptors (Lipinski definition) is 4. The highest BCUT2D eigenvalue weighted by Gasteiger charge is 2.28. The summed E-state index contributed by atoms with van der Waals surface area (Å²) in [5, 5.41) is 6.55. The molecule has 0 aromatic heterocycles. The van der Waals surface area contributed by atoms with Crippen LogP contribution < -0.4 is 10.6 Å². The molecule has 2 unspecified atom stereocenters. The first kappa shape index (κ1) is 19.5. The number of nitrogens with zero attached hydrogens (tertiary/aromatic N) is 2. The molecule has 0 bridgehead atoms. The van der Waals surface area contributed by atoms with Crippen LogP contribution in [0.5, 0.6) is 0 Å². The fourth-order valence-electron chi connectivity index (χ4n) is 3.63. The number of rotatable bonds is 6. The molecule has 0 radical (unpaired) electrons. The zero-order chi connectivity index (χ0) is 17.6. The fraction of sp³-hybridized carbons (Fsp3) is 0.941. The smallest absolute Gasteiger partial charge is 0.191 e. The van der Waals surface area contributed by atoms with Crippen LogP contribution in [0.4, 0.5) is 0 Å². The minimum atomic E-state index is -2.86. The maximum absolute atomic E-state index is 11.6. The van der Waals surface area contributed by atoms with Crippen molar-refractivity contribution in [1.82, 2.24) is 15.5 Å². The topological polar surface area (TPSA) is 73.8 Å².